The first-order chi connectivity index (χ1) is 16.3. The summed E-state index contributed by atoms with van der Waals surface area (Å²) in [5, 5.41) is 14.2. The fourth-order valence-electron chi connectivity index (χ4n) is 5.63. The maximum atomic E-state index is 14.1. The lowest BCUT2D eigenvalue weighted by atomic mass is 9.96. The van der Waals surface area contributed by atoms with E-state index in [4.69, 9.17) is 19.4 Å². The van der Waals surface area contributed by atoms with Crippen molar-refractivity contribution in [3.05, 3.63) is 53.7 Å². The lowest BCUT2D eigenvalue weighted by Gasteiger charge is -2.45. The van der Waals surface area contributed by atoms with Gasteiger partial charge in [-0.25, -0.2) is 9.18 Å². The van der Waals surface area contributed by atoms with Crippen LogP contribution < -0.4 is 10.4 Å². The number of nitrogens with one attached hydrogen (secondary N) is 1. The molecular formula is C25H25FN2O5S. The third-order valence-electron chi connectivity index (χ3n) is 7.30. The number of rotatable bonds is 3. The minimum Gasteiger partial charge on any atom is -0.554 e. The number of nitrogens with zero attached hydrogens (tertiary/aromatic N) is 1. The number of ether oxygens (including phenoxy) is 2. The zero-order valence-electron chi connectivity index (χ0n) is 18.8. The van der Waals surface area contributed by atoms with Crippen LogP contribution in [0.5, 0.6) is 0 Å². The van der Waals surface area contributed by atoms with Crippen molar-refractivity contribution in [1.82, 2.24) is 0 Å². The molecule has 5 atom stereocenters. The highest BCUT2D eigenvalue weighted by Gasteiger charge is 2.70. The van der Waals surface area contributed by atoms with E-state index < -0.39 is 12.6 Å². The largest absolute Gasteiger partial charge is 0.554 e. The van der Waals surface area contributed by atoms with Crippen molar-refractivity contribution in [2.45, 2.75) is 43.2 Å². The molecular weight excluding hydrogens is 459 g/mol. The normalized spacial score (nSPS) is 27.8. The Morgan fingerprint density at radius 2 is 1.85 bits per heavy atom. The molecule has 1 unspecified atom stereocenters. The molecule has 3 aromatic rings. The van der Waals surface area contributed by atoms with Crippen LogP contribution in [0.3, 0.4) is 0 Å². The molecule has 0 spiro atoms. The van der Waals surface area contributed by atoms with Gasteiger partial charge in [0.05, 0.1) is 19.8 Å². The van der Waals surface area contributed by atoms with E-state index in [0.717, 1.165) is 33.0 Å². The van der Waals surface area contributed by atoms with Crippen LogP contribution in [0.2, 0.25) is 0 Å². The Morgan fingerprint density at radius 3 is 2.56 bits per heavy atom. The average molecular weight is 485 g/mol. The molecule has 3 fully saturated rings. The summed E-state index contributed by atoms with van der Waals surface area (Å²) in [5.74, 6) is -0.340. The van der Waals surface area contributed by atoms with Gasteiger partial charge in [0.25, 0.3) is 0 Å². The van der Waals surface area contributed by atoms with E-state index in [9.17, 15) is 9.18 Å². The van der Waals surface area contributed by atoms with Crippen molar-refractivity contribution < 1.29 is 33.0 Å². The number of morpholine rings is 1. The Labute approximate surface area is 200 Å². The molecule has 1 aromatic heterocycles. The summed E-state index contributed by atoms with van der Waals surface area (Å²) in [6, 6.07) is 13.2. The van der Waals surface area contributed by atoms with Crippen molar-refractivity contribution in [2.24, 2.45) is 0 Å². The van der Waals surface area contributed by atoms with Gasteiger partial charge < -0.3 is 23.9 Å². The number of anilines is 1. The van der Waals surface area contributed by atoms with Crippen molar-refractivity contribution in [1.29, 1.82) is 0 Å². The Morgan fingerprint density at radius 1 is 1.18 bits per heavy atom. The molecule has 3 aliphatic rings. The highest BCUT2D eigenvalue weighted by Crippen LogP contribution is 2.51. The molecule has 34 heavy (non-hydrogen) atoms. The molecule has 178 valence electrons. The molecule has 3 aliphatic heterocycles. The number of piperidine rings is 1. The van der Waals surface area contributed by atoms with Gasteiger partial charge in [0.15, 0.2) is 0 Å². The van der Waals surface area contributed by atoms with E-state index in [0.29, 0.717) is 35.5 Å². The first-order valence-corrected chi connectivity index (χ1v) is 12.0. The fourth-order valence-corrected chi connectivity index (χ4v) is 6.59. The molecule has 3 saturated heterocycles. The summed E-state index contributed by atoms with van der Waals surface area (Å²) in [4.78, 5) is 21.0. The molecule has 0 aliphatic carbocycles. The average Bonchev–Trinajstić information content (AvgIpc) is 3.44. The van der Waals surface area contributed by atoms with E-state index in [-0.39, 0.29) is 11.9 Å². The summed E-state index contributed by atoms with van der Waals surface area (Å²) in [6.07, 6.45) is 1.63. The van der Waals surface area contributed by atoms with E-state index in [1.165, 1.54) is 12.1 Å². The standard InChI is InChI=1S/C24H23FN2O3S.CH2O2/c1-27(2)19-10-14(11-20(27)23-22(19)30-23)29-24(28)26-18-8-7-13(25)9-16(18)17-12-31-21-6-4-3-5-15(17)21;2-1-3/h3-9,12,14,19-20,22-23H,10-11H2,1-2H3;1H,(H,2,3)/t14?,19-,20+,22-,23+;. The van der Waals surface area contributed by atoms with Crippen molar-refractivity contribution in [3.63, 3.8) is 0 Å². The first kappa shape index (κ1) is 22.8. The van der Waals surface area contributed by atoms with E-state index >= 15 is 0 Å². The summed E-state index contributed by atoms with van der Waals surface area (Å²) in [7, 11) is 4.49. The molecule has 0 saturated carbocycles. The van der Waals surface area contributed by atoms with Gasteiger partial charge in [0.2, 0.25) is 0 Å². The summed E-state index contributed by atoms with van der Waals surface area (Å²) in [6.45, 7) is -0.500. The molecule has 1 amide bonds. The maximum Gasteiger partial charge on any atom is 0.411 e. The monoisotopic (exact) mass is 484 g/mol. The van der Waals surface area contributed by atoms with E-state index in [1.54, 1.807) is 17.4 Å². The third kappa shape index (κ3) is 3.93. The number of halogens is 1. The Hall–Kier alpha value is -3.01. The number of epoxide rings is 1. The Bertz CT molecular complexity index is 1230. The van der Waals surface area contributed by atoms with Crippen LogP contribution in [0.25, 0.3) is 21.2 Å². The second-order valence-corrected chi connectivity index (χ2v) is 10.3. The van der Waals surface area contributed by atoms with Crippen LogP contribution >= 0.6 is 11.3 Å². The number of carbonyl (C=O) groups is 2. The molecule has 2 aromatic carbocycles. The van der Waals surface area contributed by atoms with Gasteiger partial charge in [-0.1, -0.05) is 18.2 Å². The van der Waals surface area contributed by atoms with Gasteiger partial charge in [0, 0.05) is 40.5 Å². The summed E-state index contributed by atoms with van der Waals surface area (Å²) >= 11 is 1.60. The van der Waals surface area contributed by atoms with E-state index in [1.807, 2.05) is 29.6 Å². The fraction of sp³-hybridized carbons (Fsp3) is 0.360. The number of hydrogen-bond acceptors (Lipinski definition) is 6. The van der Waals surface area contributed by atoms with Gasteiger partial charge >= 0.3 is 6.09 Å². The van der Waals surface area contributed by atoms with Gasteiger partial charge in [-0.2, -0.15) is 0 Å². The number of carbonyl (C=O) groups excluding carboxylic acids is 2. The number of carboxylic acid groups (broad SMARTS) is 1. The second-order valence-electron chi connectivity index (χ2n) is 9.38. The molecule has 1 N–H and O–H groups in total. The summed E-state index contributed by atoms with van der Waals surface area (Å²) in [5.41, 5.74) is 2.11. The highest BCUT2D eigenvalue weighted by atomic mass is 32.1. The molecule has 2 bridgehead atoms. The third-order valence-corrected chi connectivity index (χ3v) is 8.26. The SMILES string of the molecule is C[N+]1(C)[C@@H]2CC(OC(=O)Nc3ccc(F)cc3-c3csc4ccccc34)C[C@H]1[C@@H]1O[C@@H]12.O=C[O-]. The van der Waals surface area contributed by atoms with Gasteiger partial charge in [-0.15, -0.1) is 11.3 Å². The number of benzene rings is 2. The minimum atomic E-state index is -0.500. The first-order valence-electron chi connectivity index (χ1n) is 11.1. The Balaban J connectivity index is 0.000000764. The quantitative estimate of drug-likeness (QED) is 0.350. The number of hydrogen-bond donors (Lipinski definition) is 1. The number of amides is 1. The smallest absolute Gasteiger partial charge is 0.411 e. The van der Waals surface area contributed by atoms with Crippen LogP contribution in [-0.4, -0.2) is 61.5 Å². The zero-order valence-corrected chi connectivity index (χ0v) is 19.6. The molecule has 4 heterocycles. The minimum absolute atomic E-state index is 0.122. The predicted octanol–water partition coefficient (Wildman–Crippen LogP) is 3.38. The highest BCUT2D eigenvalue weighted by molar-refractivity contribution is 7.17. The molecule has 7 nitrogen and oxygen atoms in total. The molecule has 9 heteroatoms. The zero-order chi connectivity index (χ0) is 24.0. The van der Waals surface area contributed by atoms with Crippen molar-refractivity contribution in [2.75, 3.05) is 19.4 Å². The van der Waals surface area contributed by atoms with Gasteiger partial charge in [-0.05, 0) is 29.6 Å². The number of likely N-dealkylation sites (N-methyl/N-ethyl adjacent to an activating group) is 1. The van der Waals surface area contributed by atoms with Crippen LogP contribution in [0, 0.1) is 5.82 Å². The van der Waals surface area contributed by atoms with Crippen molar-refractivity contribution >= 4 is 39.7 Å². The van der Waals surface area contributed by atoms with E-state index in [2.05, 4.69) is 19.4 Å². The van der Waals surface area contributed by atoms with Crippen LogP contribution in [0.1, 0.15) is 12.8 Å². The summed E-state index contributed by atoms with van der Waals surface area (Å²) < 4.78 is 27.8. The predicted molar refractivity (Wildman–Crippen MR) is 125 cm³/mol. The molecule has 0 radical (unpaired) electrons. The second kappa shape index (κ2) is 8.65. The number of quaternary nitrogens is 1. The molecule has 6 rings (SSSR count). The lowest BCUT2D eigenvalue weighted by Crippen LogP contribution is -2.60. The van der Waals surface area contributed by atoms with Crippen LogP contribution in [-0.2, 0) is 14.3 Å². The number of fused-ring (bicyclic) bond motifs is 6. The lowest BCUT2D eigenvalue weighted by molar-refractivity contribution is -0.938. The van der Waals surface area contributed by atoms with Gasteiger partial charge in [-0.3, -0.25) is 5.32 Å². The van der Waals surface area contributed by atoms with Crippen LogP contribution in [0.15, 0.2) is 47.8 Å². The Kier molecular flexibility index (Phi) is 5.79. The van der Waals surface area contributed by atoms with Crippen molar-refractivity contribution in [3.8, 4) is 11.1 Å². The van der Waals surface area contributed by atoms with Gasteiger partial charge in [0.1, 0.15) is 36.2 Å². The van der Waals surface area contributed by atoms with Crippen LogP contribution in [0.4, 0.5) is 14.9 Å². The number of thiophene rings is 1. The topological polar surface area (TPSA) is 91.0 Å². The maximum absolute atomic E-state index is 14.1.